The van der Waals surface area contributed by atoms with Gasteiger partial charge in [0.15, 0.2) is 5.78 Å². The molecule has 0 atom stereocenters. The maximum atomic E-state index is 13.1. The third-order valence-electron chi connectivity index (χ3n) is 4.16. The minimum atomic E-state index is -0.144. The van der Waals surface area contributed by atoms with Crippen LogP contribution in [0.15, 0.2) is 95.2 Å². The number of ketones is 1. The second-order valence-corrected chi connectivity index (χ2v) is 6.45. The number of nitrogens with zero attached hydrogens (tertiary/aromatic N) is 1. The number of benzene rings is 3. The molecule has 0 radical (unpaired) electrons. The fraction of sp³-hybridized carbons (Fsp3) is 0. The Bertz CT molecular complexity index is 1040. The lowest BCUT2D eigenvalue weighted by Gasteiger charge is -2.16. The van der Waals surface area contributed by atoms with Crippen LogP contribution in [-0.2, 0) is 0 Å². The number of aliphatic imine (C=N–C) groups is 1. The highest BCUT2D eigenvalue weighted by atomic mass is 35.5. The summed E-state index contributed by atoms with van der Waals surface area (Å²) in [6, 6.07) is 24.2. The molecule has 4 rings (SSSR count). The Labute approximate surface area is 162 Å². The smallest absolute Gasteiger partial charge is 0.198 e. The van der Waals surface area contributed by atoms with Crippen molar-refractivity contribution in [1.82, 2.24) is 0 Å². The van der Waals surface area contributed by atoms with E-state index in [0.29, 0.717) is 22.0 Å². The number of fused-ring (bicyclic) bond motifs is 1. The SMILES string of the molecule is O=C(C1=C(Nc2ccccc2)Nc2ccccc2N=C1)c1ccc(Cl)cc1. The maximum absolute atomic E-state index is 13.1. The Morgan fingerprint density at radius 2 is 1.59 bits per heavy atom. The Balaban J connectivity index is 1.78. The van der Waals surface area contributed by atoms with E-state index in [1.165, 1.54) is 0 Å². The fourth-order valence-corrected chi connectivity index (χ4v) is 2.91. The fourth-order valence-electron chi connectivity index (χ4n) is 2.79. The van der Waals surface area contributed by atoms with Crippen LogP contribution < -0.4 is 10.6 Å². The second-order valence-electron chi connectivity index (χ2n) is 6.02. The van der Waals surface area contributed by atoms with Gasteiger partial charge in [-0.3, -0.25) is 9.79 Å². The highest BCUT2D eigenvalue weighted by molar-refractivity contribution is 6.31. The molecule has 0 aromatic heterocycles. The molecule has 3 aromatic carbocycles. The molecule has 132 valence electrons. The molecule has 0 unspecified atom stereocenters. The number of hydrogen-bond donors (Lipinski definition) is 2. The van der Waals surface area contributed by atoms with Gasteiger partial charge in [0.25, 0.3) is 0 Å². The van der Waals surface area contributed by atoms with Gasteiger partial charge < -0.3 is 10.6 Å². The lowest BCUT2D eigenvalue weighted by Crippen LogP contribution is -2.17. The summed E-state index contributed by atoms with van der Waals surface area (Å²) in [6.45, 7) is 0. The monoisotopic (exact) mass is 373 g/mol. The summed E-state index contributed by atoms with van der Waals surface area (Å²) >= 11 is 5.95. The summed E-state index contributed by atoms with van der Waals surface area (Å²) in [5.41, 5.74) is 3.45. The van der Waals surface area contributed by atoms with Crippen molar-refractivity contribution in [3.8, 4) is 0 Å². The van der Waals surface area contributed by atoms with Crippen molar-refractivity contribution in [3.05, 3.63) is 101 Å². The van der Waals surface area contributed by atoms with Crippen molar-refractivity contribution in [3.63, 3.8) is 0 Å². The van der Waals surface area contributed by atoms with E-state index >= 15 is 0 Å². The molecule has 1 heterocycles. The van der Waals surface area contributed by atoms with Crippen LogP contribution in [0.3, 0.4) is 0 Å². The zero-order chi connectivity index (χ0) is 18.6. The lowest BCUT2D eigenvalue weighted by molar-refractivity contribution is 0.104. The lowest BCUT2D eigenvalue weighted by atomic mass is 10.0. The van der Waals surface area contributed by atoms with Crippen LogP contribution >= 0.6 is 11.6 Å². The molecule has 4 nitrogen and oxygen atoms in total. The second kappa shape index (κ2) is 7.48. The van der Waals surface area contributed by atoms with E-state index in [2.05, 4.69) is 15.6 Å². The standard InChI is InChI=1S/C22H16ClN3O/c23-16-12-10-15(11-13-16)21(27)18-14-24-19-8-4-5-9-20(19)26-22(18)25-17-6-2-1-3-7-17/h1-14,25-26H. The van der Waals surface area contributed by atoms with Gasteiger partial charge in [0, 0.05) is 22.5 Å². The molecule has 2 N–H and O–H groups in total. The van der Waals surface area contributed by atoms with Gasteiger partial charge >= 0.3 is 0 Å². The van der Waals surface area contributed by atoms with Crippen molar-refractivity contribution in [2.45, 2.75) is 0 Å². The number of Topliss-reactive ketones (excluding diaryl/α,β-unsaturated/α-hetero) is 1. The van der Waals surface area contributed by atoms with Crippen LogP contribution in [0.1, 0.15) is 10.4 Å². The van der Waals surface area contributed by atoms with E-state index in [1.807, 2.05) is 54.6 Å². The van der Waals surface area contributed by atoms with Gasteiger partial charge in [-0.05, 0) is 48.5 Å². The highest BCUT2D eigenvalue weighted by Crippen LogP contribution is 2.30. The summed E-state index contributed by atoms with van der Waals surface area (Å²) in [7, 11) is 0. The molecule has 0 spiro atoms. The van der Waals surface area contributed by atoms with Gasteiger partial charge in [0.2, 0.25) is 0 Å². The number of nitrogens with one attached hydrogen (secondary N) is 2. The maximum Gasteiger partial charge on any atom is 0.198 e. The van der Waals surface area contributed by atoms with Crippen LogP contribution in [0.2, 0.25) is 5.02 Å². The number of anilines is 2. The van der Waals surface area contributed by atoms with Crippen molar-refractivity contribution in [1.29, 1.82) is 0 Å². The first kappa shape index (κ1) is 17.1. The molecule has 0 aliphatic carbocycles. The van der Waals surface area contributed by atoms with Crippen LogP contribution in [0.5, 0.6) is 0 Å². The molecule has 1 aliphatic rings. The van der Waals surface area contributed by atoms with E-state index < -0.39 is 0 Å². The van der Waals surface area contributed by atoms with Crippen molar-refractivity contribution in [2.24, 2.45) is 4.99 Å². The summed E-state index contributed by atoms with van der Waals surface area (Å²) in [5.74, 6) is 0.434. The molecular formula is C22H16ClN3O. The predicted octanol–water partition coefficient (Wildman–Crippen LogP) is 5.67. The van der Waals surface area contributed by atoms with Crippen LogP contribution in [0.25, 0.3) is 0 Å². The zero-order valence-electron chi connectivity index (χ0n) is 14.3. The Hall–Kier alpha value is -3.37. The third-order valence-corrected chi connectivity index (χ3v) is 4.41. The molecule has 0 saturated heterocycles. The molecule has 27 heavy (non-hydrogen) atoms. The first-order valence-corrected chi connectivity index (χ1v) is 8.85. The van der Waals surface area contributed by atoms with Gasteiger partial charge in [-0.15, -0.1) is 0 Å². The summed E-state index contributed by atoms with van der Waals surface area (Å²) in [4.78, 5) is 17.6. The number of para-hydroxylation sites is 3. The molecule has 0 bridgehead atoms. The number of carbonyl (C=O) groups excluding carboxylic acids is 1. The minimum absolute atomic E-state index is 0.144. The van der Waals surface area contributed by atoms with E-state index in [9.17, 15) is 4.79 Å². The van der Waals surface area contributed by atoms with Crippen LogP contribution in [-0.4, -0.2) is 12.0 Å². The highest BCUT2D eigenvalue weighted by Gasteiger charge is 2.20. The summed E-state index contributed by atoms with van der Waals surface area (Å²) in [5, 5.41) is 7.21. The molecule has 5 heteroatoms. The van der Waals surface area contributed by atoms with Crippen molar-refractivity contribution >= 4 is 40.7 Å². The van der Waals surface area contributed by atoms with Crippen molar-refractivity contribution < 1.29 is 4.79 Å². The molecular weight excluding hydrogens is 358 g/mol. The average molecular weight is 374 g/mol. The number of carbonyl (C=O) groups is 1. The van der Waals surface area contributed by atoms with E-state index in [0.717, 1.165) is 17.1 Å². The van der Waals surface area contributed by atoms with Gasteiger partial charge in [-0.1, -0.05) is 41.9 Å². The molecule has 0 saturated carbocycles. The molecule has 1 aliphatic heterocycles. The minimum Gasteiger partial charge on any atom is -0.341 e. The van der Waals surface area contributed by atoms with Crippen molar-refractivity contribution in [2.75, 3.05) is 10.6 Å². The number of rotatable bonds is 4. The Kier molecular flexibility index (Phi) is 4.73. The van der Waals surface area contributed by atoms with Gasteiger partial charge in [0.1, 0.15) is 5.82 Å². The molecule has 0 fully saturated rings. The summed E-state index contributed by atoms with van der Waals surface area (Å²) in [6.07, 6.45) is 1.60. The van der Waals surface area contributed by atoms with Crippen LogP contribution in [0.4, 0.5) is 17.1 Å². The topological polar surface area (TPSA) is 53.5 Å². The van der Waals surface area contributed by atoms with E-state index in [4.69, 9.17) is 11.6 Å². The Morgan fingerprint density at radius 1 is 0.889 bits per heavy atom. The largest absolute Gasteiger partial charge is 0.341 e. The number of hydrogen-bond acceptors (Lipinski definition) is 4. The molecule has 0 amide bonds. The van der Waals surface area contributed by atoms with Gasteiger partial charge in [-0.25, -0.2) is 0 Å². The van der Waals surface area contributed by atoms with E-state index in [-0.39, 0.29) is 5.78 Å². The summed E-state index contributed by atoms with van der Waals surface area (Å²) < 4.78 is 0. The van der Waals surface area contributed by atoms with E-state index in [1.54, 1.807) is 30.5 Å². The first-order valence-electron chi connectivity index (χ1n) is 8.47. The van der Waals surface area contributed by atoms with Gasteiger partial charge in [0.05, 0.1) is 16.9 Å². The Morgan fingerprint density at radius 3 is 2.37 bits per heavy atom. The predicted molar refractivity (Wildman–Crippen MR) is 111 cm³/mol. The average Bonchev–Trinajstić information content (AvgIpc) is 2.88. The first-order chi connectivity index (χ1) is 13.2. The normalized spacial score (nSPS) is 12.8. The quantitative estimate of drug-likeness (QED) is 0.579. The zero-order valence-corrected chi connectivity index (χ0v) is 15.1. The third kappa shape index (κ3) is 3.76. The van der Waals surface area contributed by atoms with Gasteiger partial charge in [-0.2, -0.15) is 0 Å². The van der Waals surface area contributed by atoms with Crippen LogP contribution in [0, 0.1) is 0 Å². The molecule has 3 aromatic rings. The number of allylic oxidation sites excluding steroid dienone is 1. The number of halogens is 1.